The number of ether oxygens (including phenoxy) is 1. The lowest BCUT2D eigenvalue weighted by Gasteiger charge is -2.37. The molecule has 3 aliphatic carbocycles. The second kappa shape index (κ2) is 5.92. The molecule has 3 rings (SSSR count). The second-order valence-electron chi connectivity index (χ2n) is 7.50. The van der Waals surface area contributed by atoms with E-state index < -0.39 is 5.41 Å². The van der Waals surface area contributed by atoms with Crippen LogP contribution in [0.5, 0.6) is 0 Å². The molecule has 3 nitrogen and oxygen atoms in total. The van der Waals surface area contributed by atoms with Crippen molar-refractivity contribution in [3.05, 3.63) is 23.8 Å². The molecule has 2 fully saturated rings. The first-order valence-corrected chi connectivity index (χ1v) is 9.09. The van der Waals surface area contributed by atoms with E-state index in [1.165, 1.54) is 6.42 Å². The maximum Gasteiger partial charge on any atom is 0.319 e. The Bertz CT molecular complexity index is 573. The van der Waals surface area contributed by atoms with Crippen LogP contribution in [0, 0.1) is 16.7 Å². The molecule has 0 aromatic rings. The van der Waals surface area contributed by atoms with E-state index in [1.807, 2.05) is 6.92 Å². The van der Waals surface area contributed by atoms with Gasteiger partial charge in [0.2, 0.25) is 0 Å². The van der Waals surface area contributed by atoms with Gasteiger partial charge in [-0.15, -0.1) is 0 Å². The van der Waals surface area contributed by atoms with Crippen molar-refractivity contribution in [3.8, 4) is 0 Å². The van der Waals surface area contributed by atoms with E-state index >= 15 is 0 Å². The molecule has 1 spiro atoms. The zero-order chi connectivity index (χ0) is 16.7. The molecule has 0 unspecified atom stereocenters. The van der Waals surface area contributed by atoms with Crippen molar-refractivity contribution >= 4 is 11.8 Å². The molecule has 0 N–H and O–H groups in total. The summed E-state index contributed by atoms with van der Waals surface area (Å²) in [5, 5.41) is 0. The number of rotatable bonds is 4. The van der Waals surface area contributed by atoms with Gasteiger partial charge >= 0.3 is 5.97 Å². The van der Waals surface area contributed by atoms with Gasteiger partial charge in [0.25, 0.3) is 0 Å². The summed E-state index contributed by atoms with van der Waals surface area (Å²) in [5.41, 5.74) is 0.888. The SMILES string of the molecule is C=C(CC)C1=CC[C@]23CCCC[C@H]2C[C@](C(=O)OCC)(C1)C3=O. The van der Waals surface area contributed by atoms with Crippen molar-refractivity contribution in [3.63, 3.8) is 0 Å². The molecule has 2 bridgehead atoms. The zero-order valence-electron chi connectivity index (χ0n) is 14.5. The lowest BCUT2D eigenvalue weighted by Crippen LogP contribution is -2.42. The molecule has 0 aliphatic heterocycles. The number of hydrogen-bond acceptors (Lipinski definition) is 3. The smallest absolute Gasteiger partial charge is 0.319 e. The van der Waals surface area contributed by atoms with E-state index in [2.05, 4.69) is 19.6 Å². The highest BCUT2D eigenvalue weighted by Gasteiger charge is 2.66. The highest BCUT2D eigenvalue weighted by atomic mass is 16.5. The lowest BCUT2D eigenvalue weighted by molar-refractivity contribution is -0.160. The first-order valence-electron chi connectivity index (χ1n) is 9.09. The van der Waals surface area contributed by atoms with Crippen LogP contribution in [-0.4, -0.2) is 18.4 Å². The summed E-state index contributed by atoms with van der Waals surface area (Å²) < 4.78 is 5.38. The van der Waals surface area contributed by atoms with Crippen LogP contribution in [0.15, 0.2) is 23.8 Å². The molecule has 0 heterocycles. The number of fused-ring (bicyclic) bond motifs is 1. The third-order valence-electron chi connectivity index (χ3n) is 6.44. The second-order valence-corrected chi connectivity index (χ2v) is 7.50. The Morgan fingerprint density at radius 3 is 2.87 bits per heavy atom. The van der Waals surface area contributed by atoms with Gasteiger partial charge in [-0.2, -0.15) is 0 Å². The molecule has 23 heavy (non-hydrogen) atoms. The molecule has 0 radical (unpaired) electrons. The van der Waals surface area contributed by atoms with Crippen molar-refractivity contribution in [2.75, 3.05) is 6.61 Å². The Morgan fingerprint density at radius 2 is 2.17 bits per heavy atom. The van der Waals surface area contributed by atoms with Crippen LogP contribution in [0.2, 0.25) is 0 Å². The Balaban J connectivity index is 2.07. The molecule has 0 aromatic heterocycles. The van der Waals surface area contributed by atoms with Crippen molar-refractivity contribution in [2.45, 2.75) is 65.2 Å². The fourth-order valence-corrected chi connectivity index (χ4v) is 5.13. The summed E-state index contributed by atoms with van der Waals surface area (Å²) in [7, 11) is 0. The maximum atomic E-state index is 13.5. The lowest BCUT2D eigenvalue weighted by atomic mass is 9.65. The minimum atomic E-state index is -0.953. The van der Waals surface area contributed by atoms with E-state index in [9.17, 15) is 9.59 Å². The topological polar surface area (TPSA) is 43.4 Å². The van der Waals surface area contributed by atoms with Gasteiger partial charge in [0, 0.05) is 5.41 Å². The van der Waals surface area contributed by atoms with Gasteiger partial charge in [-0.05, 0) is 56.9 Å². The normalized spacial score (nSPS) is 36.0. The highest BCUT2D eigenvalue weighted by molar-refractivity contribution is 6.09. The average Bonchev–Trinajstić information content (AvgIpc) is 2.72. The molecule has 3 aliphatic rings. The predicted octanol–water partition coefficient (Wildman–Crippen LogP) is 4.37. The number of carbonyl (C=O) groups is 2. The van der Waals surface area contributed by atoms with E-state index in [0.717, 1.165) is 43.3 Å². The van der Waals surface area contributed by atoms with Crippen LogP contribution in [0.1, 0.15) is 65.2 Å². The van der Waals surface area contributed by atoms with Crippen molar-refractivity contribution in [2.24, 2.45) is 16.7 Å². The molecular formula is C20H28O3. The number of esters is 1. The average molecular weight is 316 g/mol. The van der Waals surface area contributed by atoms with Gasteiger partial charge in [0.15, 0.2) is 5.78 Å². The third kappa shape index (κ3) is 2.31. The third-order valence-corrected chi connectivity index (χ3v) is 6.44. The van der Waals surface area contributed by atoms with Crippen LogP contribution in [0.3, 0.4) is 0 Å². The molecular weight excluding hydrogens is 288 g/mol. The summed E-state index contributed by atoms with van der Waals surface area (Å²) in [5.74, 6) is 0.222. The van der Waals surface area contributed by atoms with E-state index in [-0.39, 0.29) is 17.2 Å². The van der Waals surface area contributed by atoms with Gasteiger partial charge in [-0.1, -0.05) is 38.0 Å². The van der Waals surface area contributed by atoms with Crippen LogP contribution < -0.4 is 0 Å². The number of Topliss-reactive ketones (excluding diaryl/α,β-unsaturated/α-hetero) is 1. The Kier molecular flexibility index (Phi) is 4.24. The van der Waals surface area contributed by atoms with Crippen LogP contribution in [-0.2, 0) is 14.3 Å². The minimum absolute atomic E-state index is 0.170. The number of allylic oxidation sites excluding steroid dienone is 3. The van der Waals surface area contributed by atoms with Crippen LogP contribution in [0.25, 0.3) is 0 Å². The highest BCUT2D eigenvalue weighted by Crippen LogP contribution is 2.62. The first kappa shape index (κ1) is 16.5. The molecule has 0 aromatic carbocycles. The van der Waals surface area contributed by atoms with Gasteiger partial charge in [-0.3, -0.25) is 9.59 Å². The predicted molar refractivity (Wildman–Crippen MR) is 89.8 cm³/mol. The van der Waals surface area contributed by atoms with Crippen molar-refractivity contribution in [1.29, 1.82) is 0 Å². The fraction of sp³-hybridized carbons (Fsp3) is 0.700. The van der Waals surface area contributed by atoms with Gasteiger partial charge in [-0.25, -0.2) is 0 Å². The molecule has 3 heteroatoms. The van der Waals surface area contributed by atoms with E-state index in [1.54, 1.807) is 0 Å². The summed E-state index contributed by atoms with van der Waals surface area (Å²) in [6, 6.07) is 0. The summed E-state index contributed by atoms with van der Waals surface area (Å²) >= 11 is 0. The van der Waals surface area contributed by atoms with Gasteiger partial charge in [0.1, 0.15) is 5.41 Å². The standard InChI is InChI=1S/C20H28O3/c1-4-14(3)15-9-11-19-10-7-6-8-16(19)13-20(12-15,17(19)21)18(22)23-5-2/h9,16H,3-8,10-13H2,1-2H3/t16-,19+,20+/m0/s1. The number of carbonyl (C=O) groups excluding carboxylic acids is 2. The summed E-state index contributed by atoms with van der Waals surface area (Å²) in [4.78, 5) is 26.3. The largest absolute Gasteiger partial charge is 0.465 e. The molecule has 3 atom stereocenters. The Morgan fingerprint density at radius 1 is 1.39 bits per heavy atom. The van der Waals surface area contributed by atoms with E-state index in [4.69, 9.17) is 4.74 Å². The van der Waals surface area contributed by atoms with Crippen LogP contribution in [0.4, 0.5) is 0 Å². The minimum Gasteiger partial charge on any atom is -0.465 e. The fourth-order valence-electron chi connectivity index (χ4n) is 5.13. The quantitative estimate of drug-likeness (QED) is 0.571. The molecule has 2 saturated carbocycles. The number of ketones is 1. The number of hydrogen-bond donors (Lipinski definition) is 0. The Labute approximate surface area is 139 Å². The van der Waals surface area contributed by atoms with Gasteiger partial charge in [0.05, 0.1) is 6.61 Å². The monoisotopic (exact) mass is 316 g/mol. The summed E-state index contributed by atoms with van der Waals surface area (Å²) in [6.07, 6.45) is 9.30. The first-order chi connectivity index (χ1) is 11.0. The van der Waals surface area contributed by atoms with Crippen LogP contribution >= 0.6 is 0 Å². The van der Waals surface area contributed by atoms with E-state index in [0.29, 0.717) is 25.4 Å². The molecule has 0 saturated heterocycles. The zero-order valence-corrected chi connectivity index (χ0v) is 14.5. The van der Waals surface area contributed by atoms with Gasteiger partial charge < -0.3 is 4.74 Å². The molecule has 0 amide bonds. The maximum absolute atomic E-state index is 13.5. The summed E-state index contributed by atoms with van der Waals surface area (Å²) in [6.45, 7) is 8.38. The van der Waals surface area contributed by atoms with Crippen molar-refractivity contribution < 1.29 is 14.3 Å². The molecule has 126 valence electrons. The van der Waals surface area contributed by atoms with Crippen molar-refractivity contribution in [1.82, 2.24) is 0 Å². The Hall–Kier alpha value is -1.38.